The van der Waals surface area contributed by atoms with Crippen LogP contribution in [0.15, 0.2) is 42.6 Å². The molecular formula is C20H28N4. The molecule has 4 heteroatoms. The van der Waals surface area contributed by atoms with Crippen molar-refractivity contribution < 1.29 is 0 Å². The van der Waals surface area contributed by atoms with Gasteiger partial charge in [0, 0.05) is 25.3 Å². The zero-order valence-electron chi connectivity index (χ0n) is 14.6. The fourth-order valence-corrected chi connectivity index (χ4v) is 3.43. The van der Waals surface area contributed by atoms with E-state index in [-0.39, 0.29) is 0 Å². The van der Waals surface area contributed by atoms with Gasteiger partial charge in [0.1, 0.15) is 5.82 Å². The maximum Gasteiger partial charge on any atom is 0.227 e. The number of benzene rings is 1. The number of nitrogens with zero attached hydrogens (tertiary/aromatic N) is 3. The molecule has 0 saturated carbocycles. The van der Waals surface area contributed by atoms with E-state index in [0.717, 1.165) is 44.1 Å². The first-order chi connectivity index (χ1) is 11.9. The van der Waals surface area contributed by atoms with Crippen LogP contribution in [-0.2, 0) is 6.42 Å². The molecule has 1 atom stereocenters. The molecule has 1 aromatic heterocycles. The second-order valence-electron chi connectivity index (χ2n) is 6.51. The number of hydrogen-bond acceptors (Lipinski definition) is 4. The van der Waals surface area contributed by atoms with Crippen molar-refractivity contribution in [1.29, 1.82) is 0 Å². The van der Waals surface area contributed by atoms with Gasteiger partial charge in [-0.3, -0.25) is 0 Å². The summed E-state index contributed by atoms with van der Waals surface area (Å²) in [6.45, 7) is 4.27. The third-order valence-corrected chi connectivity index (χ3v) is 4.79. The van der Waals surface area contributed by atoms with Crippen LogP contribution in [0, 0.1) is 0 Å². The van der Waals surface area contributed by atoms with Gasteiger partial charge in [0.25, 0.3) is 0 Å². The topological polar surface area (TPSA) is 41.1 Å². The summed E-state index contributed by atoms with van der Waals surface area (Å²) in [6, 6.07) is 13.2. The summed E-state index contributed by atoms with van der Waals surface area (Å²) in [5.41, 5.74) is 1.39. The quantitative estimate of drug-likeness (QED) is 0.771. The molecule has 4 nitrogen and oxygen atoms in total. The molecule has 24 heavy (non-hydrogen) atoms. The van der Waals surface area contributed by atoms with Gasteiger partial charge in [-0.2, -0.15) is 4.98 Å². The third-order valence-electron chi connectivity index (χ3n) is 4.79. The number of aryl methyl sites for hydroxylation is 1. The third kappa shape index (κ3) is 4.47. The van der Waals surface area contributed by atoms with Gasteiger partial charge in [-0.25, -0.2) is 4.98 Å². The van der Waals surface area contributed by atoms with Gasteiger partial charge < -0.3 is 10.2 Å². The van der Waals surface area contributed by atoms with Crippen molar-refractivity contribution in [2.75, 3.05) is 23.3 Å². The second kappa shape index (κ2) is 8.67. The van der Waals surface area contributed by atoms with Crippen LogP contribution in [-0.4, -0.2) is 29.1 Å². The Morgan fingerprint density at radius 2 is 2.04 bits per heavy atom. The first-order valence-corrected chi connectivity index (χ1v) is 9.24. The van der Waals surface area contributed by atoms with E-state index >= 15 is 0 Å². The molecular weight excluding hydrogens is 296 g/mol. The minimum Gasteiger partial charge on any atom is -0.370 e. The molecule has 0 amide bonds. The fourth-order valence-electron chi connectivity index (χ4n) is 3.43. The Morgan fingerprint density at radius 3 is 2.88 bits per heavy atom. The number of hydrogen-bond donors (Lipinski definition) is 1. The van der Waals surface area contributed by atoms with Crippen LogP contribution in [0.25, 0.3) is 0 Å². The standard InChI is InChI=1S/C20H28N4/c1-2-18-12-6-7-16-24(18)20-22-15-13-19(23-20)21-14-8-11-17-9-4-3-5-10-17/h3-5,9-10,13,15,18H,2,6-8,11-12,14,16H2,1H3,(H,21,22,23). The molecule has 1 aliphatic rings. The Kier molecular flexibility index (Phi) is 6.05. The highest BCUT2D eigenvalue weighted by molar-refractivity contribution is 5.42. The summed E-state index contributed by atoms with van der Waals surface area (Å²) in [7, 11) is 0. The largest absolute Gasteiger partial charge is 0.370 e. The zero-order chi connectivity index (χ0) is 16.6. The van der Waals surface area contributed by atoms with E-state index < -0.39 is 0 Å². The monoisotopic (exact) mass is 324 g/mol. The molecule has 0 spiro atoms. The Hall–Kier alpha value is -2.10. The van der Waals surface area contributed by atoms with Crippen LogP contribution in [0.3, 0.4) is 0 Å². The predicted molar refractivity (Wildman–Crippen MR) is 101 cm³/mol. The normalized spacial score (nSPS) is 17.7. The Balaban J connectivity index is 1.53. The van der Waals surface area contributed by atoms with Crippen LogP contribution >= 0.6 is 0 Å². The van der Waals surface area contributed by atoms with Gasteiger partial charge in [0.05, 0.1) is 0 Å². The van der Waals surface area contributed by atoms with Crippen molar-refractivity contribution in [1.82, 2.24) is 9.97 Å². The number of anilines is 2. The van der Waals surface area contributed by atoms with Gasteiger partial charge in [-0.05, 0) is 50.2 Å². The molecule has 1 aliphatic heterocycles. The van der Waals surface area contributed by atoms with Gasteiger partial charge in [0.2, 0.25) is 5.95 Å². The lowest BCUT2D eigenvalue weighted by atomic mass is 10.0. The van der Waals surface area contributed by atoms with E-state index in [4.69, 9.17) is 4.98 Å². The van der Waals surface area contributed by atoms with Gasteiger partial charge in [-0.15, -0.1) is 0 Å². The van der Waals surface area contributed by atoms with Crippen molar-refractivity contribution in [3.8, 4) is 0 Å². The first kappa shape index (κ1) is 16.7. The molecule has 3 rings (SSSR count). The molecule has 0 radical (unpaired) electrons. The minimum absolute atomic E-state index is 0.590. The minimum atomic E-state index is 0.590. The van der Waals surface area contributed by atoms with Crippen molar-refractivity contribution in [3.63, 3.8) is 0 Å². The van der Waals surface area contributed by atoms with Gasteiger partial charge >= 0.3 is 0 Å². The molecule has 1 unspecified atom stereocenters. The second-order valence-corrected chi connectivity index (χ2v) is 6.51. The molecule has 1 fully saturated rings. The van der Waals surface area contributed by atoms with E-state index in [9.17, 15) is 0 Å². The number of rotatable bonds is 7. The predicted octanol–water partition coefficient (Wildman–Crippen LogP) is 4.29. The Labute approximate surface area is 145 Å². The first-order valence-electron chi connectivity index (χ1n) is 9.24. The van der Waals surface area contributed by atoms with E-state index in [0.29, 0.717) is 6.04 Å². The summed E-state index contributed by atoms with van der Waals surface area (Å²) in [5, 5.41) is 3.45. The summed E-state index contributed by atoms with van der Waals surface area (Å²) in [6.07, 6.45) is 9.07. The van der Waals surface area contributed by atoms with E-state index in [1.54, 1.807) is 0 Å². The lowest BCUT2D eigenvalue weighted by Crippen LogP contribution is -2.40. The highest BCUT2D eigenvalue weighted by atomic mass is 15.3. The summed E-state index contributed by atoms with van der Waals surface area (Å²) in [5.74, 6) is 1.82. The van der Waals surface area contributed by atoms with Crippen LogP contribution in [0.4, 0.5) is 11.8 Å². The van der Waals surface area contributed by atoms with Crippen molar-refractivity contribution in [3.05, 3.63) is 48.2 Å². The van der Waals surface area contributed by atoms with E-state index in [1.807, 2.05) is 12.3 Å². The molecule has 2 aromatic rings. The smallest absolute Gasteiger partial charge is 0.227 e. The van der Waals surface area contributed by atoms with Crippen LogP contribution in [0.1, 0.15) is 44.6 Å². The highest BCUT2D eigenvalue weighted by Crippen LogP contribution is 2.24. The summed E-state index contributed by atoms with van der Waals surface area (Å²) >= 11 is 0. The van der Waals surface area contributed by atoms with E-state index in [1.165, 1.54) is 24.8 Å². The summed E-state index contributed by atoms with van der Waals surface area (Å²) in [4.78, 5) is 11.6. The lowest BCUT2D eigenvalue weighted by molar-refractivity contribution is 0.443. The fraction of sp³-hybridized carbons (Fsp3) is 0.500. The average Bonchev–Trinajstić information content (AvgIpc) is 2.66. The average molecular weight is 324 g/mol. The van der Waals surface area contributed by atoms with Crippen LogP contribution in [0.2, 0.25) is 0 Å². The zero-order valence-corrected chi connectivity index (χ0v) is 14.6. The molecule has 1 N–H and O–H groups in total. The van der Waals surface area contributed by atoms with Crippen molar-refractivity contribution in [2.24, 2.45) is 0 Å². The maximum absolute atomic E-state index is 4.74. The van der Waals surface area contributed by atoms with Crippen molar-refractivity contribution >= 4 is 11.8 Å². The molecule has 128 valence electrons. The molecule has 1 saturated heterocycles. The molecule has 0 aliphatic carbocycles. The van der Waals surface area contributed by atoms with E-state index in [2.05, 4.69) is 52.5 Å². The lowest BCUT2D eigenvalue weighted by Gasteiger charge is -2.35. The molecule has 1 aromatic carbocycles. The van der Waals surface area contributed by atoms with Gasteiger partial charge in [-0.1, -0.05) is 37.3 Å². The molecule has 0 bridgehead atoms. The van der Waals surface area contributed by atoms with Crippen LogP contribution in [0.5, 0.6) is 0 Å². The molecule has 2 heterocycles. The number of piperidine rings is 1. The van der Waals surface area contributed by atoms with Gasteiger partial charge in [0.15, 0.2) is 0 Å². The number of aromatic nitrogens is 2. The van der Waals surface area contributed by atoms with Crippen molar-refractivity contribution in [2.45, 2.75) is 51.5 Å². The highest BCUT2D eigenvalue weighted by Gasteiger charge is 2.23. The summed E-state index contributed by atoms with van der Waals surface area (Å²) < 4.78 is 0. The SMILES string of the molecule is CCC1CCCCN1c1nccc(NCCCc2ccccc2)n1. The Morgan fingerprint density at radius 1 is 1.17 bits per heavy atom. The van der Waals surface area contributed by atoms with Crippen LogP contribution < -0.4 is 10.2 Å². The number of nitrogens with one attached hydrogen (secondary N) is 1. The Bertz CT molecular complexity index is 614. The maximum atomic E-state index is 4.74.